The number of aliphatic hydroxyl groups excluding tert-OH is 1. The molecule has 0 spiro atoms. The lowest BCUT2D eigenvalue weighted by atomic mass is 9.32. The van der Waals surface area contributed by atoms with Crippen LogP contribution in [0.1, 0.15) is 197 Å². The van der Waals surface area contributed by atoms with Crippen molar-refractivity contribution in [1.29, 1.82) is 0 Å². The van der Waals surface area contributed by atoms with Gasteiger partial charge in [0.2, 0.25) is 0 Å². The van der Waals surface area contributed by atoms with E-state index < -0.39 is 0 Å². The summed E-state index contributed by atoms with van der Waals surface area (Å²) in [5.74, 6) is 2.25. The number of carbonyl (C=O) groups excluding carboxylic acids is 1. The molecule has 0 bridgehead atoms. The summed E-state index contributed by atoms with van der Waals surface area (Å²) in [7, 11) is 0. The zero-order chi connectivity index (χ0) is 35.7. The largest absolute Gasteiger partial charge is 0.462 e. The Kier molecular flexibility index (Phi) is 12.4. The van der Waals surface area contributed by atoms with Gasteiger partial charge < -0.3 is 9.84 Å². The fourth-order valence-electron chi connectivity index (χ4n) is 13.6. The van der Waals surface area contributed by atoms with Gasteiger partial charge in [-0.2, -0.15) is 0 Å². The average molecular weight is 679 g/mol. The third-order valence-electron chi connectivity index (χ3n) is 16.7. The molecule has 0 aromatic heterocycles. The minimum absolute atomic E-state index is 0.0234. The number of rotatable bonds is 16. The minimum atomic E-state index is -0.269. The van der Waals surface area contributed by atoms with Crippen LogP contribution in [0.25, 0.3) is 0 Å². The first-order valence-electron chi connectivity index (χ1n) is 21.4. The lowest BCUT2D eigenvalue weighted by molar-refractivity contribution is -0.258. The molecule has 49 heavy (non-hydrogen) atoms. The predicted molar refractivity (Wildman–Crippen MR) is 206 cm³/mol. The van der Waals surface area contributed by atoms with Gasteiger partial charge in [0.15, 0.2) is 0 Å². The van der Waals surface area contributed by atoms with Crippen molar-refractivity contribution < 1.29 is 14.6 Å². The molecule has 3 nitrogen and oxygen atoms in total. The highest BCUT2D eigenvalue weighted by atomic mass is 16.5. The standard InChI is InChI=1S/C46H78O3/c1-10-11-12-13-14-15-16-17-18-19-20-21-22-23-40(48)49-39-28-30-43(6)36(42(39,4)5)27-31-45(8)37(43)25-24-35-41-34(33(2)3)26-29-44(41,7)38(47)32-46(35,45)9/h26,35-39,41,47H,2,10-25,27-32H2,1,3-9H3/t35-,36+,37-,38+,39+,41-,43+,44-,45-,46-/m1/s1. The second-order valence-electron chi connectivity index (χ2n) is 19.8. The number of unbranched alkanes of at least 4 members (excludes halogenated alkanes) is 12. The maximum absolute atomic E-state index is 13.2. The molecule has 1 N–H and O–H groups in total. The van der Waals surface area contributed by atoms with E-state index in [-0.39, 0.29) is 45.3 Å². The van der Waals surface area contributed by atoms with E-state index in [9.17, 15) is 9.90 Å². The lowest BCUT2D eigenvalue weighted by Gasteiger charge is -2.73. The summed E-state index contributed by atoms with van der Waals surface area (Å²) < 4.78 is 6.39. The fraction of sp³-hybridized carbons (Fsp3) is 0.891. The van der Waals surface area contributed by atoms with E-state index in [0.717, 1.165) is 38.5 Å². The van der Waals surface area contributed by atoms with Crippen LogP contribution in [-0.2, 0) is 9.53 Å². The molecule has 0 aromatic carbocycles. The van der Waals surface area contributed by atoms with Gasteiger partial charge in [-0.05, 0) is 110 Å². The van der Waals surface area contributed by atoms with Gasteiger partial charge >= 0.3 is 5.97 Å². The summed E-state index contributed by atoms with van der Waals surface area (Å²) in [6, 6.07) is 0. The molecule has 5 aliphatic carbocycles. The summed E-state index contributed by atoms with van der Waals surface area (Å²) in [6.45, 7) is 23.9. The van der Waals surface area contributed by atoms with Gasteiger partial charge in [-0.3, -0.25) is 4.79 Å². The van der Waals surface area contributed by atoms with E-state index in [1.165, 1.54) is 107 Å². The molecule has 5 aliphatic rings. The molecule has 10 atom stereocenters. The van der Waals surface area contributed by atoms with Crippen LogP contribution in [-0.4, -0.2) is 23.3 Å². The van der Waals surface area contributed by atoms with E-state index in [2.05, 4.69) is 68.0 Å². The van der Waals surface area contributed by atoms with Gasteiger partial charge in [0.25, 0.3) is 0 Å². The van der Waals surface area contributed by atoms with E-state index in [1.807, 2.05) is 0 Å². The van der Waals surface area contributed by atoms with Crippen LogP contribution in [0.3, 0.4) is 0 Å². The molecule has 0 saturated heterocycles. The number of hydrogen-bond donors (Lipinski definition) is 1. The van der Waals surface area contributed by atoms with E-state index in [0.29, 0.717) is 30.1 Å². The highest BCUT2D eigenvalue weighted by Crippen LogP contribution is 2.77. The Labute approximate surface area is 303 Å². The van der Waals surface area contributed by atoms with Gasteiger partial charge in [-0.25, -0.2) is 0 Å². The van der Waals surface area contributed by atoms with Gasteiger partial charge in [-0.15, -0.1) is 0 Å². The maximum atomic E-state index is 13.2. The number of ether oxygens (including phenoxy) is 1. The molecule has 4 saturated carbocycles. The number of allylic oxidation sites excluding steroid dienone is 3. The van der Waals surface area contributed by atoms with Gasteiger partial charge in [0.1, 0.15) is 6.10 Å². The Morgan fingerprint density at radius 2 is 1.37 bits per heavy atom. The van der Waals surface area contributed by atoms with Crippen molar-refractivity contribution in [3.8, 4) is 0 Å². The van der Waals surface area contributed by atoms with Crippen molar-refractivity contribution in [2.24, 2.45) is 50.7 Å². The number of carbonyl (C=O) groups is 1. The Morgan fingerprint density at radius 1 is 0.776 bits per heavy atom. The summed E-state index contributed by atoms with van der Waals surface area (Å²) in [6.07, 6.45) is 29.0. The van der Waals surface area contributed by atoms with Crippen molar-refractivity contribution >= 4 is 5.97 Å². The molecule has 0 amide bonds. The summed E-state index contributed by atoms with van der Waals surface area (Å²) in [5.41, 5.74) is 3.10. The van der Waals surface area contributed by atoms with Gasteiger partial charge in [-0.1, -0.05) is 144 Å². The van der Waals surface area contributed by atoms with Crippen LogP contribution in [0.4, 0.5) is 0 Å². The van der Waals surface area contributed by atoms with Crippen molar-refractivity contribution in [3.05, 3.63) is 23.8 Å². The van der Waals surface area contributed by atoms with Crippen molar-refractivity contribution in [3.63, 3.8) is 0 Å². The number of hydrogen-bond acceptors (Lipinski definition) is 3. The molecule has 0 heterocycles. The molecule has 5 rings (SSSR count). The summed E-state index contributed by atoms with van der Waals surface area (Å²) in [5, 5.41) is 11.9. The van der Waals surface area contributed by atoms with Crippen molar-refractivity contribution in [2.75, 3.05) is 0 Å². The molecule has 0 unspecified atom stereocenters. The Hall–Kier alpha value is -1.09. The molecule has 0 aliphatic heterocycles. The maximum Gasteiger partial charge on any atom is 0.306 e. The molecule has 0 aromatic rings. The van der Waals surface area contributed by atoms with Crippen LogP contribution in [0.2, 0.25) is 0 Å². The van der Waals surface area contributed by atoms with E-state index >= 15 is 0 Å². The number of fused-ring (bicyclic) bond motifs is 7. The first-order chi connectivity index (χ1) is 23.2. The molecule has 4 fully saturated rings. The molecule has 280 valence electrons. The van der Waals surface area contributed by atoms with E-state index in [1.54, 1.807) is 0 Å². The Bertz CT molecular complexity index is 1180. The van der Waals surface area contributed by atoms with Crippen LogP contribution in [0.15, 0.2) is 23.8 Å². The molecular formula is C46H78O3. The summed E-state index contributed by atoms with van der Waals surface area (Å²) >= 11 is 0. The van der Waals surface area contributed by atoms with Crippen LogP contribution >= 0.6 is 0 Å². The predicted octanol–water partition coefficient (Wildman–Crippen LogP) is 12.9. The second kappa shape index (κ2) is 15.5. The molecular weight excluding hydrogens is 601 g/mol. The van der Waals surface area contributed by atoms with Crippen LogP contribution in [0.5, 0.6) is 0 Å². The summed E-state index contributed by atoms with van der Waals surface area (Å²) in [4.78, 5) is 13.2. The van der Waals surface area contributed by atoms with Gasteiger partial charge in [0.05, 0.1) is 6.10 Å². The highest BCUT2D eigenvalue weighted by Gasteiger charge is 2.71. The average Bonchev–Trinajstić information content (AvgIpc) is 3.40. The molecule has 0 radical (unpaired) electrons. The SMILES string of the molecule is C=C(C)C1=CC[C@@]2(C)[C@H]1[C@H]1CC[C@@H]3[C@@]4(C)CC[C@H](OC(=O)CCCCCCCCCCCCCCC)C(C)(C)[C@@H]4CC[C@@]3(C)[C@]1(C)C[C@@H]2O. The normalized spacial score (nSPS) is 40.8. The lowest BCUT2D eigenvalue weighted by Crippen LogP contribution is -2.68. The third kappa shape index (κ3) is 7.17. The first-order valence-corrected chi connectivity index (χ1v) is 21.4. The smallest absolute Gasteiger partial charge is 0.306 e. The highest BCUT2D eigenvalue weighted by molar-refractivity contribution is 5.69. The van der Waals surface area contributed by atoms with Crippen LogP contribution < -0.4 is 0 Å². The van der Waals surface area contributed by atoms with Crippen molar-refractivity contribution in [2.45, 2.75) is 209 Å². The number of esters is 1. The second-order valence-corrected chi connectivity index (χ2v) is 19.8. The zero-order valence-corrected chi connectivity index (χ0v) is 33.6. The van der Waals surface area contributed by atoms with Crippen LogP contribution in [0, 0.1) is 50.7 Å². The minimum Gasteiger partial charge on any atom is -0.462 e. The molecule has 3 heteroatoms. The van der Waals surface area contributed by atoms with E-state index in [4.69, 9.17) is 4.74 Å². The third-order valence-corrected chi connectivity index (χ3v) is 16.7. The Morgan fingerprint density at radius 3 is 1.96 bits per heavy atom. The fourth-order valence-corrected chi connectivity index (χ4v) is 13.6. The topological polar surface area (TPSA) is 46.5 Å². The number of aliphatic hydroxyl groups is 1. The van der Waals surface area contributed by atoms with Crippen molar-refractivity contribution in [1.82, 2.24) is 0 Å². The van der Waals surface area contributed by atoms with Gasteiger partial charge in [0, 0.05) is 17.3 Å². The Balaban J connectivity index is 1.13. The zero-order valence-electron chi connectivity index (χ0n) is 33.6. The quantitative estimate of drug-likeness (QED) is 0.131. The monoisotopic (exact) mass is 679 g/mol. The first kappa shape index (κ1) is 39.1.